The number of hydrogen-bond acceptors (Lipinski definition) is 3. The third-order valence-corrected chi connectivity index (χ3v) is 5.72. The van der Waals surface area contributed by atoms with Crippen LogP contribution in [0.2, 0.25) is 0 Å². The van der Waals surface area contributed by atoms with Crippen molar-refractivity contribution in [1.29, 1.82) is 0 Å². The van der Waals surface area contributed by atoms with Crippen molar-refractivity contribution >= 4 is 29.0 Å². The van der Waals surface area contributed by atoms with Gasteiger partial charge in [0.05, 0.1) is 11.2 Å². The molecule has 0 unspecified atom stereocenters. The summed E-state index contributed by atoms with van der Waals surface area (Å²) in [7, 11) is -0.382. The zero-order valence-electron chi connectivity index (χ0n) is 15.7. The van der Waals surface area contributed by atoms with Gasteiger partial charge in [0.15, 0.2) is 0 Å². The number of hydrogen-bond donors (Lipinski definition) is 1. The first kappa shape index (κ1) is 17.1. The molecule has 3 aromatic rings. The lowest BCUT2D eigenvalue weighted by Crippen LogP contribution is -2.41. The zero-order valence-corrected chi connectivity index (χ0v) is 15.7. The minimum Gasteiger partial charge on any atom is -0.399 e. The predicted molar refractivity (Wildman–Crippen MR) is 110 cm³/mol. The second-order valence-electron chi connectivity index (χ2n) is 7.92. The number of para-hydroxylation sites is 1. The lowest BCUT2D eigenvalue weighted by molar-refractivity contribution is 0.00578. The van der Waals surface area contributed by atoms with Crippen molar-refractivity contribution in [3.05, 3.63) is 60.7 Å². The molecule has 0 atom stereocenters. The van der Waals surface area contributed by atoms with E-state index < -0.39 is 0 Å². The summed E-state index contributed by atoms with van der Waals surface area (Å²) >= 11 is 0. The maximum absolute atomic E-state index is 6.28. The van der Waals surface area contributed by atoms with Crippen LogP contribution in [-0.2, 0) is 9.31 Å². The van der Waals surface area contributed by atoms with Crippen LogP contribution in [0, 0.1) is 0 Å². The van der Waals surface area contributed by atoms with E-state index in [2.05, 4.69) is 70.2 Å². The number of fused-ring (bicyclic) bond motifs is 1. The molecule has 2 N–H and O–H groups in total. The highest BCUT2D eigenvalue weighted by molar-refractivity contribution is 6.65. The highest BCUT2D eigenvalue weighted by atomic mass is 16.7. The molecule has 4 rings (SSSR count). The molecule has 3 nitrogen and oxygen atoms in total. The Bertz CT molecular complexity index is 965. The Labute approximate surface area is 155 Å². The zero-order chi connectivity index (χ0) is 18.5. The van der Waals surface area contributed by atoms with Gasteiger partial charge >= 0.3 is 7.12 Å². The van der Waals surface area contributed by atoms with Crippen LogP contribution in [0.1, 0.15) is 27.7 Å². The Balaban J connectivity index is 1.88. The minimum absolute atomic E-state index is 0.360. The van der Waals surface area contributed by atoms with Crippen molar-refractivity contribution in [3.63, 3.8) is 0 Å². The Morgan fingerprint density at radius 3 is 1.92 bits per heavy atom. The van der Waals surface area contributed by atoms with Gasteiger partial charge in [0, 0.05) is 11.3 Å². The topological polar surface area (TPSA) is 44.5 Å². The number of benzene rings is 3. The van der Waals surface area contributed by atoms with E-state index in [4.69, 9.17) is 15.0 Å². The molecule has 0 amide bonds. The predicted octanol–water partition coefficient (Wildman–Crippen LogP) is 4.39. The molecule has 4 heteroatoms. The first-order chi connectivity index (χ1) is 12.3. The summed E-state index contributed by atoms with van der Waals surface area (Å²) in [6.45, 7) is 8.31. The summed E-state index contributed by atoms with van der Waals surface area (Å²) in [4.78, 5) is 0. The van der Waals surface area contributed by atoms with Crippen LogP contribution >= 0.6 is 0 Å². The normalized spacial score (nSPS) is 18.4. The lowest BCUT2D eigenvalue weighted by atomic mass is 9.75. The molecule has 1 fully saturated rings. The van der Waals surface area contributed by atoms with Crippen LogP contribution in [0.25, 0.3) is 21.9 Å². The molecule has 0 aliphatic carbocycles. The van der Waals surface area contributed by atoms with Gasteiger partial charge in [-0.25, -0.2) is 0 Å². The monoisotopic (exact) mass is 345 g/mol. The molecular weight excluding hydrogens is 321 g/mol. The van der Waals surface area contributed by atoms with E-state index in [1.807, 2.05) is 18.2 Å². The van der Waals surface area contributed by atoms with Gasteiger partial charge in [-0.1, -0.05) is 54.6 Å². The molecule has 26 heavy (non-hydrogen) atoms. The van der Waals surface area contributed by atoms with E-state index >= 15 is 0 Å². The molecule has 0 saturated carbocycles. The first-order valence-electron chi connectivity index (χ1n) is 9.02. The summed E-state index contributed by atoms with van der Waals surface area (Å²) < 4.78 is 12.6. The molecule has 0 bridgehead atoms. The van der Waals surface area contributed by atoms with E-state index in [-0.39, 0.29) is 18.3 Å². The minimum atomic E-state index is -0.382. The van der Waals surface area contributed by atoms with Crippen LogP contribution in [0.3, 0.4) is 0 Å². The van der Waals surface area contributed by atoms with Gasteiger partial charge in [-0.2, -0.15) is 0 Å². The molecule has 1 heterocycles. The third kappa shape index (κ3) is 2.61. The quantitative estimate of drug-likeness (QED) is 0.553. The van der Waals surface area contributed by atoms with Crippen molar-refractivity contribution in [2.75, 3.05) is 5.73 Å². The second kappa shape index (κ2) is 5.87. The Morgan fingerprint density at radius 2 is 1.27 bits per heavy atom. The van der Waals surface area contributed by atoms with Crippen LogP contribution in [0.15, 0.2) is 60.7 Å². The molecule has 3 aromatic carbocycles. The first-order valence-corrected chi connectivity index (χ1v) is 9.02. The maximum atomic E-state index is 6.28. The summed E-state index contributed by atoms with van der Waals surface area (Å²) in [5, 5.41) is 2.28. The van der Waals surface area contributed by atoms with Gasteiger partial charge in [0.25, 0.3) is 0 Å². The van der Waals surface area contributed by atoms with Crippen LogP contribution in [0.5, 0.6) is 0 Å². The number of rotatable bonds is 2. The van der Waals surface area contributed by atoms with Crippen molar-refractivity contribution in [1.82, 2.24) is 0 Å². The fraction of sp³-hybridized carbons (Fsp3) is 0.273. The highest BCUT2D eigenvalue weighted by Crippen LogP contribution is 2.38. The van der Waals surface area contributed by atoms with Crippen molar-refractivity contribution < 1.29 is 9.31 Å². The van der Waals surface area contributed by atoms with Crippen LogP contribution < -0.4 is 11.2 Å². The van der Waals surface area contributed by atoms with E-state index in [1.165, 1.54) is 0 Å². The number of nitrogens with two attached hydrogens (primary N) is 1. The summed E-state index contributed by atoms with van der Waals surface area (Å²) in [6.07, 6.45) is 0. The van der Waals surface area contributed by atoms with Gasteiger partial charge in [-0.3, -0.25) is 0 Å². The molecule has 1 aliphatic rings. The highest BCUT2D eigenvalue weighted by Gasteiger charge is 2.52. The Morgan fingerprint density at radius 1 is 0.692 bits per heavy atom. The molecule has 0 radical (unpaired) electrons. The average molecular weight is 345 g/mol. The van der Waals surface area contributed by atoms with Gasteiger partial charge in [0.1, 0.15) is 0 Å². The Kier molecular flexibility index (Phi) is 3.87. The summed E-state index contributed by atoms with van der Waals surface area (Å²) in [6, 6.07) is 20.6. The van der Waals surface area contributed by atoms with Gasteiger partial charge in [-0.05, 0) is 55.6 Å². The third-order valence-electron chi connectivity index (χ3n) is 5.72. The van der Waals surface area contributed by atoms with Crippen LogP contribution in [0.4, 0.5) is 5.69 Å². The molecule has 1 saturated heterocycles. The fourth-order valence-electron chi connectivity index (χ4n) is 3.48. The molecule has 132 valence electrons. The molecular formula is C22H24BNO2. The average Bonchev–Trinajstić information content (AvgIpc) is 2.82. The SMILES string of the molecule is CC1(C)OB(c2ccc(-c3ccccc3N)c3ccccc23)OC1(C)C. The summed E-state index contributed by atoms with van der Waals surface area (Å²) in [5.74, 6) is 0. The smallest absolute Gasteiger partial charge is 0.399 e. The van der Waals surface area contributed by atoms with Gasteiger partial charge in [0.2, 0.25) is 0 Å². The fourth-order valence-corrected chi connectivity index (χ4v) is 3.48. The van der Waals surface area contributed by atoms with Crippen LogP contribution in [-0.4, -0.2) is 18.3 Å². The number of nitrogen functional groups attached to an aromatic ring is 1. The van der Waals surface area contributed by atoms with E-state index in [0.717, 1.165) is 33.0 Å². The standard InChI is InChI=1S/C22H24BNO2/c1-21(2)22(3,4)26-23(25-21)19-14-13-16(15-9-5-6-10-17(15)19)18-11-7-8-12-20(18)24/h5-14H,24H2,1-4H3. The molecule has 0 spiro atoms. The number of anilines is 1. The van der Waals surface area contributed by atoms with Crippen molar-refractivity contribution in [3.8, 4) is 11.1 Å². The maximum Gasteiger partial charge on any atom is 0.495 e. The van der Waals surface area contributed by atoms with Gasteiger partial charge < -0.3 is 15.0 Å². The van der Waals surface area contributed by atoms with Crippen molar-refractivity contribution in [2.45, 2.75) is 38.9 Å². The van der Waals surface area contributed by atoms with Crippen molar-refractivity contribution in [2.24, 2.45) is 0 Å². The molecule has 1 aliphatic heterocycles. The summed E-state index contributed by atoms with van der Waals surface area (Å²) in [5.41, 5.74) is 9.51. The van der Waals surface area contributed by atoms with E-state index in [0.29, 0.717) is 0 Å². The Hall–Kier alpha value is -2.30. The largest absolute Gasteiger partial charge is 0.495 e. The molecule has 0 aromatic heterocycles. The second-order valence-corrected chi connectivity index (χ2v) is 7.92. The van der Waals surface area contributed by atoms with Gasteiger partial charge in [-0.15, -0.1) is 0 Å². The van der Waals surface area contributed by atoms with E-state index in [9.17, 15) is 0 Å². The lowest BCUT2D eigenvalue weighted by Gasteiger charge is -2.32. The van der Waals surface area contributed by atoms with E-state index in [1.54, 1.807) is 0 Å².